The van der Waals surface area contributed by atoms with E-state index in [1.165, 1.54) is 0 Å². The van der Waals surface area contributed by atoms with Crippen LogP contribution in [0.15, 0.2) is 0 Å². The molecule has 0 radical (unpaired) electrons. The van der Waals surface area contributed by atoms with Crippen LogP contribution in [0.2, 0.25) is 0 Å². The first kappa shape index (κ1) is 14.3. The highest BCUT2D eigenvalue weighted by Gasteiger charge is 2.31. The minimum Gasteiger partial charge on any atom is -0.481 e. The van der Waals surface area contributed by atoms with Crippen LogP contribution in [0.25, 0.3) is 0 Å². The van der Waals surface area contributed by atoms with Crippen molar-refractivity contribution < 1.29 is 14.7 Å². The fourth-order valence-electron chi connectivity index (χ4n) is 2.03. The molecule has 1 atom stereocenters. The van der Waals surface area contributed by atoms with Crippen LogP contribution >= 0.6 is 23.3 Å². The second kappa shape index (κ2) is 6.33. The van der Waals surface area contributed by atoms with E-state index < -0.39 is 5.97 Å². The summed E-state index contributed by atoms with van der Waals surface area (Å²) >= 11 is 2.78. The Morgan fingerprint density at radius 2 is 2.32 bits per heavy atom. The SMILES string of the molecule is CCc1nnsc1C(=O)N1CCSCC1CC(=O)O. The second-order valence-electron chi connectivity index (χ2n) is 4.23. The van der Waals surface area contributed by atoms with Gasteiger partial charge in [0.1, 0.15) is 4.88 Å². The Labute approximate surface area is 119 Å². The number of carboxylic acids is 1. The molecule has 0 aromatic carbocycles. The van der Waals surface area contributed by atoms with Crippen molar-refractivity contribution in [3.05, 3.63) is 10.6 Å². The van der Waals surface area contributed by atoms with E-state index in [1.54, 1.807) is 16.7 Å². The molecule has 0 saturated carbocycles. The van der Waals surface area contributed by atoms with Crippen molar-refractivity contribution in [1.82, 2.24) is 14.5 Å². The molecule has 0 spiro atoms. The minimum atomic E-state index is -0.872. The molecule has 1 saturated heterocycles. The van der Waals surface area contributed by atoms with Gasteiger partial charge in [0.05, 0.1) is 18.2 Å². The Kier molecular flexibility index (Phi) is 4.76. The van der Waals surface area contributed by atoms with E-state index in [9.17, 15) is 9.59 Å². The van der Waals surface area contributed by atoms with Gasteiger partial charge in [0.25, 0.3) is 5.91 Å². The molecule has 1 aromatic rings. The van der Waals surface area contributed by atoms with Crippen molar-refractivity contribution in [1.29, 1.82) is 0 Å². The molecular weight excluding hydrogens is 286 g/mol. The fraction of sp³-hybridized carbons (Fsp3) is 0.636. The van der Waals surface area contributed by atoms with Gasteiger partial charge in [0, 0.05) is 18.1 Å². The van der Waals surface area contributed by atoms with E-state index in [0.717, 1.165) is 17.3 Å². The molecule has 1 amide bonds. The van der Waals surface area contributed by atoms with Crippen molar-refractivity contribution in [2.24, 2.45) is 0 Å². The smallest absolute Gasteiger partial charge is 0.305 e. The summed E-state index contributed by atoms with van der Waals surface area (Å²) in [5, 5.41) is 12.9. The zero-order valence-electron chi connectivity index (χ0n) is 10.5. The molecule has 1 fully saturated rings. The molecule has 1 unspecified atom stereocenters. The number of nitrogens with zero attached hydrogens (tertiary/aromatic N) is 3. The maximum atomic E-state index is 12.5. The lowest BCUT2D eigenvalue weighted by molar-refractivity contribution is -0.138. The van der Waals surface area contributed by atoms with Gasteiger partial charge in [-0.1, -0.05) is 11.4 Å². The summed E-state index contributed by atoms with van der Waals surface area (Å²) in [6.45, 7) is 2.51. The summed E-state index contributed by atoms with van der Waals surface area (Å²) in [6, 6.07) is -0.240. The average molecular weight is 301 g/mol. The number of hydrogen-bond donors (Lipinski definition) is 1. The zero-order chi connectivity index (χ0) is 13.8. The second-order valence-corrected chi connectivity index (χ2v) is 6.13. The van der Waals surface area contributed by atoms with Crippen molar-refractivity contribution in [3.63, 3.8) is 0 Å². The first-order valence-electron chi connectivity index (χ1n) is 6.05. The number of aliphatic carboxylic acids is 1. The summed E-state index contributed by atoms with van der Waals surface area (Å²) in [5.74, 6) is 0.517. The van der Waals surface area contributed by atoms with Gasteiger partial charge < -0.3 is 10.0 Å². The molecule has 0 bridgehead atoms. The highest BCUT2D eigenvalue weighted by atomic mass is 32.2. The normalized spacial score (nSPS) is 19.4. The van der Waals surface area contributed by atoms with Crippen LogP contribution < -0.4 is 0 Å². The van der Waals surface area contributed by atoms with Crippen molar-refractivity contribution >= 4 is 35.2 Å². The van der Waals surface area contributed by atoms with Gasteiger partial charge in [-0.05, 0) is 18.0 Å². The number of carbonyl (C=O) groups is 2. The first-order valence-corrected chi connectivity index (χ1v) is 7.98. The van der Waals surface area contributed by atoms with Gasteiger partial charge in [-0.3, -0.25) is 9.59 Å². The Hall–Kier alpha value is -1.15. The number of aryl methyl sites for hydroxylation is 1. The Morgan fingerprint density at radius 1 is 1.53 bits per heavy atom. The van der Waals surface area contributed by atoms with Crippen LogP contribution in [0.5, 0.6) is 0 Å². The van der Waals surface area contributed by atoms with E-state index >= 15 is 0 Å². The molecule has 1 N–H and O–H groups in total. The molecular formula is C11H15N3O3S2. The van der Waals surface area contributed by atoms with E-state index in [-0.39, 0.29) is 18.4 Å². The number of hydrogen-bond acceptors (Lipinski definition) is 6. The Balaban J connectivity index is 2.17. The highest BCUT2D eigenvalue weighted by Crippen LogP contribution is 2.23. The van der Waals surface area contributed by atoms with Gasteiger partial charge in [0.15, 0.2) is 0 Å². The van der Waals surface area contributed by atoms with Crippen molar-refractivity contribution in [2.75, 3.05) is 18.1 Å². The molecule has 1 aliphatic rings. The number of aromatic nitrogens is 2. The number of thioether (sulfide) groups is 1. The zero-order valence-corrected chi connectivity index (χ0v) is 12.2. The fourth-order valence-corrected chi connectivity index (χ4v) is 3.79. The largest absolute Gasteiger partial charge is 0.481 e. The summed E-state index contributed by atoms with van der Waals surface area (Å²) in [6.07, 6.45) is 0.649. The molecule has 8 heteroatoms. The predicted octanol–water partition coefficient (Wildman–Crippen LogP) is 1.13. The van der Waals surface area contributed by atoms with E-state index in [1.807, 2.05) is 6.92 Å². The molecule has 2 rings (SSSR count). The third kappa shape index (κ3) is 3.24. The van der Waals surface area contributed by atoms with Crippen LogP contribution in [-0.2, 0) is 11.2 Å². The molecule has 6 nitrogen and oxygen atoms in total. The number of rotatable bonds is 4. The first-order chi connectivity index (χ1) is 9.13. The standard InChI is InChI=1S/C11H15N3O3S2/c1-2-8-10(19-13-12-8)11(17)14-3-4-18-6-7(14)5-9(15)16/h7H,2-6H2,1H3,(H,15,16). The summed E-state index contributed by atoms with van der Waals surface area (Å²) in [7, 11) is 0. The maximum Gasteiger partial charge on any atom is 0.305 e. The predicted molar refractivity (Wildman–Crippen MR) is 73.7 cm³/mol. The molecule has 1 aliphatic heterocycles. The summed E-state index contributed by atoms with van der Waals surface area (Å²) in [4.78, 5) is 25.6. The lowest BCUT2D eigenvalue weighted by Crippen LogP contribution is -2.47. The average Bonchev–Trinajstić information content (AvgIpc) is 2.86. The number of amides is 1. The minimum absolute atomic E-state index is 0.00751. The molecule has 1 aromatic heterocycles. The number of carbonyl (C=O) groups excluding carboxylic acids is 1. The lowest BCUT2D eigenvalue weighted by atomic mass is 10.1. The quantitative estimate of drug-likeness (QED) is 0.897. The molecule has 19 heavy (non-hydrogen) atoms. The van der Waals surface area contributed by atoms with Crippen LogP contribution in [0, 0.1) is 0 Å². The Bertz CT molecular complexity index is 478. The van der Waals surface area contributed by atoms with Crippen LogP contribution in [-0.4, -0.2) is 55.6 Å². The van der Waals surface area contributed by atoms with Gasteiger partial charge in [-0.25, -0.2) is 0 Å². The molecule has 2 heterocycles. The summed E-state index contributed by atoms with van der Waals surface area (Å²) in [5.41, 5.74) is 0.697. The molecule has 104 valence electrons. The lowest BCUT2D eigenvalue weighted by Gasteiger charge is -2.34. The Morgan fingerprint density at radius 3 is 3.00 bits per heavy atom. The van der Waals surface area contributed by atoms with Crippen molar-refractivity contribution in [2.45, 2.75) is 25.8 Å². The van der Waals surface area contributed by atoms with E-state index in [0.29, 0.717) is 29.3 Å². The topological polar surface area (TPSA) is 83.4 Å². The molecule has 0 aliphatic carbocycles. The van der Waals surface area contributed by atoms with Gasteiger partial charge in [-0.15, -0.1) is 5.10 Å². The third-order valence-corrected chi connectivity index (χ3v) is 4.83. The van der Waals surface area contributed by atoms with Crippen LogP contribution in [0.1, 0.15) is 28.7 Å². The van der Waals surface area contributed by atoms with Gasteiger partial charge in [0.2, 0.25) is 0 Å². The third-order valence-electron chi connectivity index (χ3n) is 2.98. The highest BCUT2D eigenvalue weighted by molar-refractivity contribution is 7.99. The van der Waals surface area contributed by atoms with E-state index in [4.69, 9.17) is 5.11 Å². The van der Waals surface area contributed by atoms with Crippen LogP contribution in [0.4, 0.5) is 0 Å². The van der Waals surface area contributed by atoms with Gasteiger partial charge >= 0.3 is 5.97 Å². The summed E-state index contributed by atoms with van der Waals surface area (Å²) < 4.78 is 3.82. The monoisotopic (exact) mass is 301 g/mol. The maximum absolute atomic E-state index is 12.5. The van der Waals surface area contributed by atoms with Crippen molar-refractivity contribution in [3.8, 4) is 0 Å². The number of carboxylic acid groups (broad SMARTS) is 1. The van der Waals surface area contributed by atoms with Crippen LogP contribution in [0.3, 0.4) is 0 Å². The van der Waals surface area contributed by atoms with E-state index in [2.05, 4.69) is 9.59 Å². The van der Waals surface area contributed by atoms with Gasteiger partial charge in [-0.2, -0.15) is 11.8 Å².